The van der Waals surface area contributed by atoms with Crippen LogP contribution in [-0.2, 0) is 43.3 Å². The number of anilines is 6. The van der Waals surface area contributed by atoms with E-state index < -0.39 is 14.7 Å². The van der Waals surface area contributed by atoms with Gasteiger partial charge in [0.2, 0.25) is 0 Å². The van der Waals surface area contributed by atoms with Crippen LogP contribution in [0.3, 0.4) is 0 Å². The Morgan fingerprint density at radius 3 is 0.733 bits per heavy atom. The summed E-state index contributed by atoms with van der Waals surface area (Å²) in [5, 5.41) is 7.47. The summed E-state index contributed by atoms with van der Waals surface area (Å²) in [6, 6.07) is 102. The van der Waals surface area contributed by atoms with Crippen LogP contribution in [0.4, 0.5) is 34.1 Å². The van der Waals surface area contributed by atoms with Crippen molar-refractivity contribution >= 4 is 127 Å². The molecule has 3 aromatic heterocycles. The molecule has 0 radical (unpaired) electrons. The first-order chi connectivity index (χ1) is 54.5. The van der Waals surface area contributed by atoms with E-state index in [1.54, 1.807) is 0 Å². The van der Waals surface area contributed by atoms with Crippen LogP contribution in [0.1, 0.15) is 211 Å². The summed E-state index contributed by atoms with van der Waals surface area (Å²) in [5.41, 5.74) is 32.5. The molecule has 0 bridgehead atoms. The number of hydrogen-bond donors (Lipinski definition) is 0. The summed E-state index contributed by atoms with van der Waals surface area (Å²) >= 11 is -2.70. The molecule has 6 heteroatoms. The molecule has 5 heterocycles. The molecule has 0 unspecified atom stereocenters. The topological polar surface area (TPSA) is 21.3 Å². The molecule has 0 spiro atoms. The van der Waals surface area contributed by atoms with Crippen molar-refractivity contribution in [3.63, 3.8) is 0 Å². The molecule has 16 aromatic rings. The second-order valence-electron chi connectivity index (χ2n) is 41.9. The van der Waals surface area contributed by atoms with Gasteiger partial charge in [-0.2, -0.15) is 0 Å². The summed E-state index contributed by atoms with van der Waals surface area (Å²) in [4.78, 5) is 5.34. The predicted octanol–water partition coefficient (Wildman–Crippen LogP) is 28.8. The van der Waals surface area contributed by atoms with Gasteiger partial charge in [0.15, 0.2) is 0 Å². The van der Waals surface area contributed by atoms with Crippen molar-refractivity contribution in [1.29, 1.82) is 0 Å². The standard InChI is InChI=1S/C110H114AsN5/c1-103(2,3)71-37-45-86-87-46-38-72(104(4,5)6)60-95(87)114(94(86)59-71)81-41-49-90-98(63-81)112(79-31-27-25-28-32-79)100-65-83(66-101-102(100)111(90)91-50-42-82(64-99(91)113(101)80-33-29-26-30-34-80)115-96-61-73(105(7,8)9)39-47-88(96)89-48-40-74(62-97(89)115)106(10,11)12)116-92-55-67(69-51-75(107(13,14)15)57-76(52-69)108(16,17)18)35-43-84(92)85-44-36-68(56-93(85)116)70-53-77(109(19,20)21)58-78(54-70)110(22,23)24/h25-66H,1-24H3. The summed E-state index contributed by atoms with van der Waals surface area (Å²) in [6.45, 7) is 56.4. The van der Waals surface area contributed by atoms with Crippen LogP contribution in [0.2, 0.25) is 0 Å². The van der Waals surface area contributed by atoms with E-state index in [1.165, 1.54) is 157 Å². The summed E-state index contributed by atoms with van der Waals surface area (Å²) in [7, 11) is 0. The third-order valence-electron chi connectivity index (χ3n) is 25.2. The van der Waals surface area contributed by atoms with Crippen LogP contribution in [0.5, 0.6) is 0 Å². The molecule has 116 heavy (non-hydrogen) atoms. The van der Waals surface area contributed by atoms with Gasteiger partial charge in [-0.25, -0.2) is 0 Å². The zero-order valence-corrected chi connectivity index (χ0v) is 74.8. The van der Waals surface area contributed by atoms with E-state index >= 15 is 0 Å². The fraction of sp³-hybridized carbons (Fsp3) is 0.291. The van der Waals surface area contributed by atoms with Gasteiger partial charge in [-0.05, 0) is 0 Å². The maximum absolute atomic E-state index is 2.70. The minimum Gasteiger partial charge on any atom is -0.0561 e. The van der Waals surface area contributed by atoms with E-state index in [0.29, 0.717) is 0 Å². The van der Waals surface area contributed by atoms with E-state index in [9.17, 15) is 0 Å². The van der Waals surface area contributed by atoms with Gasteiger partial charge < -0.3 is 0 Å². The molecule has 13 aromatic carbocycles. The smallest absolute Gasteiger partial charge is 0.0561 e. The second kappa shape index (κ2) is 26.5. The van der Waals surface area contributed by atoms with Crippen LogP contribution in [0, 0.1) is 0 Å². The number of hydrogen-bond acceptors (Lipinski definition) is 2. The average Bonchev–Trinajstić information content (AvgIpc) is 0.815. The molecule has 2 aliphatic rings. The summed E-state index contributed by atoms with van der Waals surface area (Å²) in [5.74, 6) is 0. The van der Waals surface area contributed by atoms with E-state index in [4.69, 9.17) is 0 Å². The van der Waals surface area contributed by atoms with E-state index in [0.717, 1.165) is 39.5 Å². The number of aromatic nitrogens is 3. The van der Waals surface area contributed by atoms with Gasteiger partial charge in [-0.1, -0.05) is 83.1 Å². The molecule has 0 saturated heterocycles. The molecule has 0 aliphatic carbocycles. The molecular formula is C110H114AsN5. The zero-order chi connectivity index (χ0) is 81.9. The van der Waals surface area contributed by atoms with Crippen molar-refractivity contribution in [3.8, 4) is 39.3 Å². The Kier molecular flexibility index (Phi) is 17.5. The van der Waals surface area contributed by atoms with E-state index in [1.807, 2.05) is 0 Å². The average molecular weight is 1580 g/mol. The predicted molar refractivity (Wildman–Crippen MR) is 504 cm³/mol. The van der Waals surface area contributed by atoms with Gasteiger partial charge in [0.05, 0.1) is 0 Å². The summed E-state index contributed by atoms with van der Waals surface area (Å²) < 4.78 is 12.1. The molecule has 2 aliphatic heterocycles. The number of benzene rings is 13. The Hall–Kier alpha value is -10.6. The van der Waals surface area contributed by atoms with Gasteiger partial charge >= 0.3 is 616 Å². The number of para-hydroxylation sites is 2. The third kappa shape index (κ3) is 13.0. The first kappa shape index (κ1) is 76.7. The Bertz CT molecular complexity index is 6100. The molecule has 0 saturated carbocycles. The Labute approximate surface area is 693 Å². The van der Waals surface area contributed by atoms with Gasteiger partial charge in [-0.3, -0.25) is 0 Å². The quantitative estimate of drug-likeness (QED) is 0.148. The molecular weight excluding hydrogens is 1470 g/mol. The van der Waals surface area contributed by atoms with Crippen molar-refractivity contribution in [1.82, 2.24) is 13.7 Å². The maximum atomic E-state index is 2.67. The number of nitrogens with zero attached hydrogens (tertiary/aromatic N) is 5. The fourth-order valence-corrected chi connectivity index (χ4v) is 23.9. The first-order valence-corrected chi connectivity index (χ1v) is 44.9. The Morgan fingerprint density at radius 2 is 0.448 bits per heavy atom. The first-order valence-electron chi connectivity index (χ1n) is 42.1. The molecule has 0 fully saturated rings. The SMILES string of the molecule is CC(C)(C)c1cc(-c2ccc3c4ccc(-c5cc(C(C)(C)C)cc(C(C)(C)C)c5)cc4n(-c4cc5c6c(c4)N(c4ccccc4)c4cc(-n7c8cc(C(C)(C)C)ccc8c8ccc(C(C)(C)C)cc87)ccc4[As]6c4ccc(-n6c7cc(C(C)(C)C)ccc7c7ccc(C(C)(C)C)cc76)cc4N5c4ccccc4)c3c2)cc(C(C)(C)C)c1. The third-order valence-corrected chi connectivity index (χ3v) is 30.7. The van der Waals surface area contributed by atoms with E-state index in [2.05, 4.69) is 444 Å². The van der Waals surface area contributed by atoms with Gasteiger partial charge in [-0.15, -0.1) is 0 Å². The number of fused-ring (bicyclic) bond motifs is 13. The van der Waals surface area contributed by atoms with Crippen LogP contribution in [-0.4, -0.2) is 28.4 Å². The number of rotatable bonds is 7. The van der Waals surface area contributed by atoms with E-state index in [-0.39, 0.29) is 43.3 Å². The van der Waals surface area contributed by atoms with Crippen molar-refractivity contribution in [2.24, 2.45) is 0 Å². The molecule has 18 rings (SSSR count). The van der Waals surface area contributed by atoms with Crippen LogP contribution < -0.4 is 22.9 Å². The Morgan fingerprint density at radius 1 is 0.190 bits per heavy atom. The summed E-state index contributed by atoms with van der Waals surface area (Å²) in [6.07, 6.45) is 0. The zero-order valence-electron chi connectivity index (χ0n) is 72.9. The van der Waals surface area contributed by atoms with Crippen LogP contribution in [0.15, 0.2) is 255 Å². The van der Waals surface area contributed by atoms with Crippen LogP contribution in [0.25, 0.3) is 105 Å². The molecule has 0 N–H and O–H groups in total. The minimum absolute atomic E-state index is 0.0769. The van der Waals surface area contributed by atoms with Gasteiger partial charge in [0, 0.05) is 0 Å². The van der Waals surface area contributed by atoms with Crippen molar-refractivity contribution < 1.29 is 0 Å². The monoisotopic (exact) mass is 1580 g/mol. The molecule has 0 atom stereocenters. The van der Waals surface area contributed by atoms with Gasteiger partial charge in [0.25, 0.3) is 0 Å². The minimum atomic E-state index is -2.70. The molecule has 0 amide bonds. The molecule has 584 valence electrons. The molecule has 5 nitrogen and oxygen atoms in total. The van der Waals surface area contributed by atoms with Crippen molar-refractivity contribution in [2.45, 2.75) is 209 Å². The van der Waals surface area contributed by atoms with Crippen molar-refractivity contribution in [3.05, 3.63) is 299 Å². The fourth-order valence-electron chi connectivity index (χ4n) is 18.1. The van der Waals surface area contributed by atoms with Gasteiger partial charge in [0.1, 0.15) is 0 Å². The Balaban J connectivity index is 0.993. The second-order valence-corrected chi connectivity index (χ2v) is 46.2. The van der Waals surface area contributed by atoms with Crippen LogP contribution >= 0.6 is 0 Å². The normalized spacial score (nSPS) is 14.0. The van der Waals surface area contributed by atoms with Crippen molar-refractivity contribution in [2.75, 3.05) is 9.80 Å².